The van der Waals surface area contributed by atoms with E-state index in [0.29, 0.717) is 16.3 Å². The summed E-state index contributed by atoms with van der Waals surface area (Å²) in [5, 5.41) is 0.576. The Hall–Kier alpha value is -1.42. The molecule has 78 valence electrons. The van der Waals surface area contributed by atoms with Gasteiger partial charge in [-0.25, -0.2) is 4.98 Å². The van der Waals surface area contributed by atoms with E-state index in [9.17, 15) is 8.78 Å². The number of benzene rings is 1. The molecule has 0 radical (unpaired) electrons. The first kappa shape index (κ1) is 10.1. The van der Waals surface area contributed by atoms with Crippen LogP contribution in [-0.2, 0) is 0 Å². The molecule has 0 spiro atoms. The highest BCUT2D eigenvalue weighted by Crippen LogP contribution is 2.26. The summed E-state index contributed by atoms with van der Waals surface area (Å²) >= 11 is 5.69. The molecule has 2 nitrogen and oxygen atoms in total. The van der Waals surface area contributed by atoms with Crippen molar-refractivity contribution < 1.29 is 13.2 Å². The van der Waals surface area contributed by atoms with Crippen molar-refractivity contribution in [2.75, 3.05) is 0 Å². The van der Waals surface area contributed by atoms with E-state index in [4.69, 9.17) is 16.0 Å². The molecule has 0 bridgehead atoms. The first-order valence-electron chi connectivity index (χ1n) is 4.16. The van der Waals surface area contributed by atoms with E-state index in [1.54, 1.807) is 24.3 Å². The van der Waals surface area contributed by atoms with Crippen molar-refractivity contribution in [3.63, 3.8) is 0 Å². The Kier molecular flexibility index (Phi) is 2.68. The zero-order chi connectivity index (χ0) is 10.8. The summed E-state index contributed by atoms with van der Waals surface area (Å²) in [4.78, 5) is 3.46. The van der Waals surface area contributed by atoms with Crippen LogP contribution in [0.15, 0.2) is 34.9 Å². The summed E-state index contributed by atoms with van der Waals surface area (Å²) in [6, 6.07) is 6.67. The van der Waals surface area contributed by atoms with Crippen molar-refractivity contribution in [3.8, 4) is 11.3 Å². The van der Waals surface area contributed by atoms with Crippen molar-refractivity contribution in [1.82, 2.24) is 4.98 Å². The fourth-order valence-corrected chi connectivity index (χ4v) is 1.26. The lowest BCUT2D eigenvalue weighted by atomic mass is 10.2. The Morgan fingerprint density at radius 2 is 1.87 bits per heavy atom. The Balaban J connectivity index is 2.33. The van der Waals surface area contributed by atoms with Gasteiger partial charge in [0.2, 0.25) is 0 Å². The Morgan fingerprint density at radius 3 is 2.40 bits per heavy atom. The van der Waals surface area contributed by atoms with Gasteiger partial charge in [0.05, 0.1) is 6.20 Å². The van der Waals surface area contributed by atoms with Gasteiger partial charge in [0.15, 0.2) is 5.76 Å². The lowest BCUT2D eigenvalue weighted by Crippen LogP contribution is -1.80. The van der Waals surface area contributed by atoms with Crippen LogP contribution in [0.5, 0.6) is 0 Å². The van der Waals surface area contributed by atoms with Gasteiger partial charge in [-0.2, -0.15) is 8.78 Å². The zero-order valence-electron chi connectivity index (χ0n) is 7.45. The molecular formula is C10H6ClF2NO. The first-order valence-corrected chi connectivity index (χ1v) is 4.54. The molecule has 15 heavy (non-hydrogen) atoms. The lowest BCUT2D eigenvalue weighted by molar-refractivity contribution is 0.116. The van der Waals surface area contributed by atoms with Crippen molar-refractivity contribution in [2.45, 2.75) is 6.43 Å². The van der Waals surface area contributed by atoms with E-state index < -0.39 is 12.3 Å². The Labute approximate surface area is 89.5 Å². The minimum absolute atomic E-state index is 0.307. The quantitative estimate of drug-likeness (QED) is 0.780. The van der Waals surface area contributed by atoms with Crippen molar-refractivity contribution in [3.05, 3.63) is 41.4 Å². The van der Waals surface area contributed by atoms with Gasteiger partial charge < -0.3 is 4.42 Å². The summed E-state index contributed by atoms with van der Waals surface area (Å²) in [6.07, 6.45) is -1.42. The maximum Gasteiger partial charge on any atom is 0.313 e. The van der Waals surface area contributed by atoms with Crippen molar-refractivity contribution in [1.29, 1.82) is 0 Å². The highest BCUT2D eigenvalue weighted by molar-refractivity contribution is 6.30. The van der Waals surface area contributed by atoms with Gasteiger partial charge in [-0.1, -0.05) is 11.6 Å². The molecule has 5 heteroatoms. The SMILES string of the molecule is FC(F)c1ncc(-c2ccc(Cl)cc2)o1. The number of hydrogen-bond donors (Lipinski definition) is 0. The third-order valence-electron chi connectivity index (χ3n) is 1.84. The van der Waals surface area contributed by atoms with Crippen molar-refractivity contribution >= 4 is 11.6 Å². The lowest BCUT2D eigenvalue weighted by Gasteiger charge is -1.95. The van der Waals surface area contributed by atoms with E-state index in [0.717, 1.165) is 0 Å². The van der Waals surface area contributed by atoms with Crippen LogP contribution in [0.25, 0.3) is 11.3 Å². The molecule has 0 saturated heterocycles. The number of oxazole rings is 1. The van der Waals surface area contributed by atoms with Crippen molar-refractivity contribution in [2.24, 2.45) is 0 Å². The molecule has 0 atom stereocenters. The molecule has 0 amide bonds. The van der Waals surface area contributed by atoms with Crippen LogP contribution < -0.4 is 0 Å². The molecule has 0 unspecified atom stereocenters. The Morgan fingerprint density at radius 1 is 1.20 bits per heavy atom. The van der Waals surface area contributed by atoms with Crippen LogP contribution in [-0.4, -0.2) is 4.98 Å². The molecule has 2 aromatic rings. The highest BCUT2D eigenvalue weighted by Gasteiger charge is 2.14. The summed E-state index contributed by atoms with van der Waals surface area (Å²) < 4.78 is 29.2. The average Bonchev–Trinajstić information content (AvgIpc) is 2.68. The summed E-state index contributed by atoms with van der Waals surface area (Å²) in [6.45, 7) is 0. The fraction of sp³-hybridized carbons (Fsp3) is 0.100. The second kappa shape index (κ2) is 3.98. The molecule has 1 aromatic heterocycles. The number of aromatic nitrogens is 1. The maximum absolute atomic E-state index is 12.2. The molecule has 2 rings (SSSR count). The van der Waals surface area contributed by atoms with E-state index in [1.807, 2.05) is 0 Å². The molecular weight excluding hydrogens is 224 g/mol. The molecule has 0 aliphatic carbocycles. The topological polar surface area (TPSA) is 26.0 Å². The number of halogens is 3. The monoisotopic (exact) mass is 229 g/mol. The summed E-state index contributed by atoms with van der Waals surface area (Å²) in [5.41, 5.74) is 0.666. The third kappa shape index (κ3) is 2.15. The van der Waals surface area contributed by atoms with Crippen LogP contribution in [0.4, 0.5) is 8.78 Å². The number of alkyl halides is 2. The van der Waals surface area contributed by atoms with E-state index in [2.05, 4.69) is 4.98 Å². The van der Waals surface area contributed by atoms with Crippen LogP contribution in [0.2, 0.25) is 5.02 Å². The molecule has 0 saturated carbocycles. The van der Waals surface area contributed by atoms with E-state index in [1.165, 1.54) is 6.20 Å². The predicted octanol–water partition coefficient (Wildman–Crippen LogP) is 3.93. The number of hydrogen-bond acceptors (Lipinski definition) is 2. The third-order valence-corrected chi connectivity index (χ3v) is 2.09. The van der Waals surface area contributed by atoms with E-state index in [-0.39, 0.29) is 0 Å². The summed E-state index contributed by atoms with van der Waals surface area (Å²) in [7, 11) is 0. The smallest absolute Gasteiger partial charge is 0.313 e. The minimum Gasteiger partial charge on any atom is -0.435 e. The number of rotatable bonds is 2. The number of nitrogens with zero attached hydrogens (tertiary/aromatic N) is 1. The maximum atomic E-state index is 12.2. The second-order valence-electron chi connectivity index (χ2n) is 2.87. The zero-order valence-corrected chi connectivity index (χ0v) is 8.21. The highest BCUT2D eigenvalue weighted by atomic mass is 35.5. The minimum atomic E-state index is -2.69. The van der Waals surface area contributed by atoms with Gasteiger partial charge in [-0.05, 0) is 24.3 Å². The van der Waals surface area contributed by atoms with Gasteiger partial charge in [0, 0.05) is 10.6 Å². The molecule has 0 fully saturated rings. The van der Waals surface area contributed by atoms with Crippen LogP contribution in [0.1, 0.15) is 12.3 Å². The second-order valence-corrected chi connectivity index (χ2v) is 3.31. The fourth-order valence-electron chi connectivity index (χ4n) is 1.14. The van der Waals surface area contributed by atoms with Gasteiger partial charge in [-0.15, -0.1) is 0 Å². The largest absolute Gasteiger partial charge is 0.435 e. The van der Waals surface area contributed by atoms with E-state index >= 15 is 0 Å². The molecule has 0 N–H and O–H groups in total. The van der Waals surface area contributed by atoms with Crippen LogP contribution in [0.3, 0.4) is 0 Å². The van der Waals surface area contributed by atoms with Gasteiger partial charge >= 0.3 is 6.43 Å². The summed E-state index contributed by atoms with van der Waals surface area (Å²) in [5.74, 6) is -0.262. The molecule has 0 aliphatic heterocycles. The molecule has 1 heterocycles. The predicted molar refractivity (Wildman–Crippen MR) is 51.9 cm³/mol. The van der Waals surface area contributed by atoms with Crippen LogP contribution in [0, 0.1) is 0 Å². The van der Waals surface area contributed by atoms with Crippen LogP contribution >= 0.6 is 11.6 Å². The molecule has 0 aliphatic rings. The Bertz CT molecular complexity index is 453. The van der Waals surface area contributed by atoms with Gasteiger partial charge in [-0.3, -0.25) is 0 Å². The normalized spacial score (nSPS) is 10.9. The average molecular weight is 230 g/mol. The van der Waals surface area contributed by atoms with Gasteiger partial charge in [0.1, 0.15) is 0 Å². The first-order chi connectivity index (χ1) is 7.16. The van der Waals surface area contributed by atoms with Gasteiger partial charge in [0.25, 0.3) is 5.89 Å². The molecule has 1 aromatic carbocycles. The standard InChI is InChI=1S/C10H6ClF2NO/c11-7-3-1-6(2-4-7)8-5-14-10(15-8)9(12)13/h1-5,9H.